The van der Waals surface area contributed by atoms with Gasteiger partial charge in [-0.15, -0.1) is 0 Å². The minimum Gasteiger partial charge on any atom is -0.399 e. The molecule has 0 saturated heterocycles. The maximum atomic E-state index is 5.70. The second-order valence-corrected chi connectivity index (χ2v) is 4.74. The first-order valence-electron chi connectivity index (χ1n) is 7.07. The summed E-state index contributed by atoms with van der Waals surface area (Å²) in [5, 5.41) is 3.35. The number of nitrogen functional groups attached to an aromatic ring is 1. The predicted octanol–water partition coefficient (Wildman–Crippen LogP) is 3.77. The van der Waals surface area contributed by atoms with E-state index < -0.39 is 0 Å². The minimum atomic E-state index is 0.744. The van der Waals surface area contributed by atoms with Crippen molar-refractivity contribution < 1.29 is 4.74 Å². The van der Waals surface area contributed by atoms with Gasteiger partial charge in [0.1, 0.15) is 0 Å². The van der Waals surface area contributed by atoms with E-state index in [4.69, 9.17) is 10.5 Å². The van der Waals surface area contributed by atoms with E-state index in [9.17, 15) is 0 Å². The Kier molecular flexibility index (Phi) is 5.44. The van der Waals surface area contributed by atoms with Crippen LogP contribution in [0.5, 0.6) is 0 Å². The topological polar surface area (TPSA) is 47.3 Å². The number of nitrogens with two attached hydrogens (primary N) is 1. The van der Waals surface area contributed by atoms with Crippen molar-refractivity contribution in [2.75, 3.05) is 30.8 Å². The van der Waals surface area contributed by atoms with Gasteiger partial charge in [-0.25, -0.2) is 0 Å². The van der Waals surface area contributed by atoms with Crippen molar-refractivity contribution in [1.82, 2.24) is 0 Å². The Bertz CT molecular complexity index is 506. The summed E-state index contributed by atoms with van der Waals surface area (Å²) in [6.45, 7) is 4.52. The number of rotatable bonds is 7. The van der Waals surface area contributed by atoms with Crippen LogP contribution in [0.2, 0.25) is 0 Å². The highest BCUT2D eigenvalue weighted by atomic mass is 16.5. The van der Waals surface area contributed by atoms with Gasteiger partial charge < -0.3 is 15.8 Å². The largest absolute Gasteiger partial charge is 0.399 e. The molecule has 2 aromatic carbocycles. The normalized spacial score (nSPS) is 10.4. The number of ether oxygens (including phenoxy) is 1. The van der Waals surface area contributed by atoms with Gasteiger partial charge in [0.2, 0.25) is 0 Å². The summed E-state index contributed by atoms with van der Waals surface area (Å²) in [6, 6.07) is 16.3. The molecular weight excluding hydrogens is 248 g/mol. The zero-order chi connectivity index (χ0) is 14.2. The number of benzene rings is 2. The first-order chi connectivity index (χ1) is 9.79. The zero-order valence-electron chi connectivity index (χ0n) is 11.9. The van der Waals surface area contributed by atoms with Crippen LogP contribution in [-0.2, 0) is 4.74 Å². The molecule has 0 atom stereocenters. The lowest BCUT2D eigenvalue weighted by molar-refractivity contribution is 0.144. The highest BCUT2D eigenvalue weighted by Crippen LogP contribution is 2.22. The van der Waals surface area contributed by atoms with Crippen LogP contribution in [0.15, 0.2) is 48.5 Å². The van der Waals surface area contributed by atoms with E-state index in [1.807, 2.05) is 24.3 Å². The van der Waals surface area contributed by atoms with Crippen LogP contribution < -0.4 is 11.1 Å². The smallest absolute Gasteiger partial charge is 0.0639 e. The minimum absolute atomic E-state index is 0.744. The Morgan fingerprint density at radius 3 is 2.10 bits per heavy atom. The highest BCUT2D eigenvalue weighted by molar-refractivity contribution is 5.67. The third kappa shape index (κ3) is 4.28. The van der Waals surface area contributed by atoms with E-state index in [2.05, 4.69) is 36.5 Å². The fourth-order valence-corrected chi connectivity index (χ4v) is 1.97. The summed E-state index contributed by atoms with van der Waals surface area (Å²) >= 11 is 0. The van der Waals surface area contributed by atoms with Gasteiger partial charge in [0.05, 0.1) is 6.61 Å². The molecule has 3 nitrogen and oxygen atoms in total. The van der Waals surface area contributed by atoms with Crippen molar-refractivity contribution in [3.8, 4) is 11.1 Å². The number of anilines is 2. The molecule has 0 aliphatic heterocycles. The summed E-state index contributed by atoms with van der Waals surface area (Å²) in [7, 11) is 0. The highest BCUT2D eigenvalue weighted by Gasteiger charge is 1.98. The van der Waals surface area contributed by atoms with Crippen molar-refractivity contribution in [3.63, 3.8) is 0 Å². The monoisotopic (exact) mass is 270 g/mol. The Morgan fingerprint density at radius 1 is 0.900 bits per heavy atom. The standard InChI is InChI=1S/C17H22N2O/c1-2-12-20-13-11-19-17-9-5-15(6-10-17)14-3-7-16(18)8-4-14/h3-10,19H,2,11-13,18H2,1H3. The van der Waals surface area contributed by atoms with Gasteiger partial charge in [0, 0.05) is 24.5 Å². The van der Waals surface area contributed by atoms with Crippen LogP contribution in [0, 0.1) is 0 Å². The Morgan fingerprint density at radius 2 is 1.50 bits per heavy atom. The van der Waals surface area contributed by atoms with Crippen molar-refractivity contribution >= 4 is 11.4 Å². The lowest BCUT2D eigenvalue weighted by Crippen LogP contribution is -2.09. The molecule has 0 spiro atoms. The number of nitrogens with one attached hydrogen (secondary N) is 1. The molecule has 0 aromatic heterocycles. The average molecular weight is 270 g/mol. The van der Waals surface area contributed by atoms with Crippen molar-refractivity contribution in [3.05, 3.63) is 48.5 Å². The fraction of sp³-hybridized carbons (Fsp3) is 0.294. The van der Waals surface area contributed by atoms with Gasteiger partial charge in [0.15, 0.2) is 0 Å². The number of hydrogen-bond donors (Lipinski definition) is 2. The molecule has 2 rings (SSSR count). The van der Waals surface area contributed by atoms with Crippen molar-refractivity contribution in [2.45, 2.75) is 13.3 Å². The van der Waals surface area contributed by atoms with E-state index in [0.717, 1.165) is 37.6 Å². The molecule has 0 aliphatic rings. The second kappa shape index (κ2) is 7.56. The molecule has 0 heterocycles. The summed E-state index contributed by atoms with van der Waals surface area (Å²) < 4.78 is 5.43. The van der Waals surface area contributed by atoms with Gasteiger partial charge in [-0.2, -0.15) is 0 Å². The molecule has 0 amide bonds. The summed E-state index contributed by atoms with van der Waals surface area (Å²) in [5.74, 6) is 0. The van der Waals surface area contributed by atoms with Gasteiger partial charge in [-0.05, 0) is 41.8 Å². The summed E-state index contributed by atoms with van der Waals surface area (Å²) in [4.78, 5) is 0. The number of hydrogen-bond acceptors (Lipinski definition) is 3. The maximum absolute atomic E-state index is 5.70. The van der Waals surface area contributed by atoms with Crippen LogP contribution in [0.3, 0.4) is 0 Å². The fourth-order valence-electron chi connectivity index (χ4n) is 1.97. The van der Waals surface area contributed by atoms with Crippen molar-refractivity contribution in [1.29, 1.82) is 0 Å². The Labute approximate surface area is 120 Å². The lowest BCUT2D eigenvalue weighted by atomic mass is 10.1. The summed E-state index contributed by atoms with van der Waals surface area (Å²) in [6.07, 6.45) is 1.07. The molecule has 106 valence electrons. The third-order valence-electron chi connectivity index (χ3n) is 3.05. The van der Waals surface area contributed by atoms with Gasteiger partial charge in [0.25, 0.3) is 0 Å². The molecule has 3 N–H and O–H groups in total. The zero-order valence-corrected chi connectivity index (χ0v) is 11.9. The molecule has 20 heavy (non-hydrogen) atoms. The first kappa shape index (κ1) is 14.4. The Balaban J connectivity index is 1.88. The molecule has 0 saturated carbocycles. The average Bonchev–Trinajstić information content (AvgIpc) is 2.49. The molecule has 2 aromatic rings. The SMILES string of the molecule is CCCOCCNc1ccc(-c2ccc(N)cc2)cc1. The molecular formula is C17H22N2O. The molecule has 3 heteroatoms. The van der Waals surface area contributed by atoms with E-state index in [0.29, 0.717) is 0 Å². The van der Waals surface area contributed by atoms with Crippen LogP contribution in [0.1, 0.15) is 13.3 Å². The van der Waals surface area contributed by atoms with E-state index >= 15 is 0 Å². The predicted molar refractivity (Wildman–Crippen MR) is 85.9 cm³/mol. The maximum Gasteiger partial charge on any atom is 0.0639 e. The third-order valence-corrected chi connectivity index (χ3v) is 3.05. The van der Waals surface area contributed by atoms with Crippen LogP contribution in [0.25, 0.3) is 11.1 Å². The van der Waals surface area contributed by atoms with Crippen molar-refractivity contribution in [2.24, 2.45) is 0 Å². The molecule has 0 radical (unpaired) electrons. The van der Waals surface area contributed by atoms with Gasteiger partial charge in [-0.3, -0.25) is 0 Å². The van der Waals surface area contributed by atoms with Gasteiger partial charge >= 0.3 is 0 Å². The lowest BCUT2D eigenvalue weighted by Gasteiger charge is -2.08. The Hall–Kier alpha value is -2.00. The van der Waals surface area contributed by atoms with E-state index in [1.165, 1.54) is 11.1 Å². The molecule has 0 bridgehead atoms. The first-order valence-corrected chi connectivity index (χ1v) is 7.07. The summed E-state index contributed by atoms with van der Waals surface area (Å²) in [5.41, 5.74) is 9.97. The second-order valence-electron chi connectivity index (χ2n) is 4.74. The molecule has 0 fully saturated rings. The molecule has 0 aliphatic carbocycles. The van der Waals surface area contributed by atoms with Gasteiger partial charge in [-0.1, -0.05) is 31.2 Å². The van der Waals surface area contributed by atoms with Crippen LogP contribution in [0.4, 0.5) is 11.4 Å². The van der Waals surface area contributed by atoms with Crippen LogP contribution in [-0.4, -0.2) is 19.8 Å². The van der Waals surface area contributed by atoms with Crippen LogP contribution >= 0.6 is 0 Å². The van der Waals surface area contributed by atoms with E-state index in [1.54, 1.807) is 0 Å². The molecule has 0 unspecified atom stereocenters. The van der Waals surface area contributed by atoms with E-state index in [-0.39, 0.29) is 0 Å². The quantitative estimate of drug-likeness (QED) is 0.594.